The molecule has 150 valence electrons. The summed E-state index contributed by atoms with van der Waals surface area (Å²) in [6.07, 6.45) is 0.751. The van der Waals surface area contributed by atoms with Gasteiger partial charge in [-0.25, -0.2) is 4.79 Å². The topological polar surface area (TPSA) is 97.0 Å². The van der Waals surface area contributed by atoms with Crippen LogP contribution in [0.4, 0.5) is 16.2 Å². The molecular formula is C21H21N3O5. The largest absolute Gasteiger partial charge is 0.484 e. The highest BCUT2D eigenvalue weighted by atomic mass is 16.6. The van der Waals surface area contributed by atoms with E-state index in [1.807, 2.05) is 30.3 Å². The van der Waals surface area contributed by atoms with E-state index in [0.29, 0.717) is 38.3 Å². The Bertz CT molecular complexity index is 959. The zero-order valence-electron chi connectivity index (χ0n) is 15.8. The van der Waals surface area contributed by atoms with Crippen LogP contribution >= 0.6 is 0 Å². The lowest BCUT2D eigenvalue weighted by atomic mass is 10.0. The Morgan fingerprint density at radius 1 is 1.17 bits per heavy atom. The maximum Gasteiger partial charge on any atom is 0.414 e. The summed E-state index contributed by atoms with van der Waals surface area (Å²) in [5.74, 6) is 0.350. The van der Waals surface area contributed by atoms with Gasteiger partial charge in [-0.05, 0) is 47.9 Å². The number of carbonyl (C=O) groups excluding carboxylic acids is 3. The molecular weight excluding hydrogens is 374 g/mol. The second kappa shape index (κ2) is 8.22. The number of hydrogen-bond donors (Lipinski definition) is 2. The fourth-order valence-corrected chi connectivity index (χ4v) is 3.31. The zero-order valence-corrected chi connectivity index (χ0v) is 15.8. The number of fused-ring (bicyclic) bond motifs is 1. The minimum absolute atomic E-state index is 0.0104. The number of carbonyl (C=O) groups is 3. The normalized spacial score (nSPS) is 15.4. The minimum Gasteiger partial charge on any atom is -0.484 e. The Balaban J connectivity index is 1.28. The SMILES string of the molecule is O=C(COc1ccc2c(c1)CCC(=O)N2)NCc1cccc(N2CCOC2=O)c1. The second-order valence-corrected chi connectivity index (χ2v) is 6.87. The van der Waals surface area contributed by atoms with E-state index in [1.54, 1.807) is 17.0 Å². The van der Waals surface area contributed by atoms with Crippen molar-refractivity contribution in [3.8, 4) is 5.75 Å². The molecule has 2 N–H and O–H groups in total. The van der Waals surface area contributed by atoms with E-state index >= 15 is 0 Å². The molecule has 0 saturated carbocycles. The molecule has 2 aliphatic rings. The van der Waals surface area contributed by atoms with Gasteiger partial charge in [-0.15, -0.1) is 0 Å². The van der Waals surface area contributed by atoms with Gasteiger partial charge in [0, 0.05) is 24.3 Å². The van der Waals surface area contributed by atoms with E-state index in [9.17, 15) is 14.4 Å². The third kappa shape index (κ3) is 4.48. The number of anilines is 2. The van der Waals surface area contributed by atoms with Crippen molar-refractivity contribution in [1.29, 1.82) is 0 Å². The van der Waals surface area contributed by atoms with Gasteiger partial charge in [0.1, 0.15) is 12.4 Å². The number of amides is 3. The van der Waals surface area contributed by atoms with Crippen molar-refractivity contribution < 1.29 is 23.9 Å². The van der Waals surface area contributed by atoms with E-state index in [2.05, 4.69) is 10.6 Å². The smallest absolute Gasteiger partial charge is 0.414 e. The first-order valence-corrected chi connectivity index (χ1v) is 9.44. The van der Waals surface area contributed by atoms with Crippen LogP contribution in [0.5, 0.6) is 5.75 Å². The molecule has 2 aromatic carbocycles. The molecule has 0 bridgehead atoms. The first-order chi connectivity index (χ1) is 14.1. The fourth-order valence-electron chi connectivity index (χ4n) is 3.31. The second-order valence-electron chi connectivity index (χ2n) is 6.87. The average Bonchev–Trinajstić information content (AvgIpc) is 3.17. The molecule has 1 saturated heterocycles. The molecule has 2 heterocycles. The average molecular weight is 395 g/mol. The molecule has 2 aromatic rings. The number of aryl methyl sites for hydroxylation is 1. The molecule has 2 aliphatic heterocycles. The Labute approximate surface area is 167 Å². The number of hydrogen-bond acceptors (Lipinski definition) is 5. The van der Waals surface area contributed by atoms with Crippen LogP contribution in [0.2, 0.25) is 0 Å². The Morgan fingerprint density at radius 3 is 2.90 bits per heavy atom. The third-order valence-corrected chi connectivity index (χ3v) is 4.81. The molecule has 0 atom stereocenters. The number of benzene rings is 2. The summed E-state index contributed by atoms with van der Waals surface area (Å²) in [5.41, 5.74) is 3.41. The van der Waals surface area contributed by atoms with E-state index in [0.717, 1.165) is 22.5 Å². The van der Waals surface area contributed by atoms with Crippen LogP contribution in [0.25, 0.3) is 0 Å². The highest BCUT2D eigenvalue weighted by Gasteiger charge is 2.23. The van der Waals surface area contributed by atoms with Crippen LogP contribution in [-0.4, -0.2) is 37.7 Å². The number of rotatable bonds is 6. The molecule has 0 radical (unpaired) electrons. The Kier molecular flexibility index (Phi) is 5.33. The van der Waals surface area contributed by atoms with Crippen molar-refractivity contribution in [3.05, 3.63) is 53.6 Å². The molecule has 0 unspecified atom stereocenters. The Morgan fingerprint density at radius 2 is 2.07 bits per heavy atom. The first-order valence-electron chi connectivity index (χ1n) is 9.44. The van der Waals surface area contributed by atoms with Crippen molar-refractivity contribution in [2.45, 2.75) is 19.4 Å². The van der Waals surface area contributed by atoms with Crippen LogP contribution in [0, 0.1) is 0 Å². The van der Waals surface area contributed by atoms with Crippen molar-refractivity contribution >= 4 is 29.3 Å². The molecule has 29 heavy (non-hydrogen) atoms. The number of nitrogens with one attached hydrogen (secondary N) is 2. The number of cyclic esters (lactones) is 1. The van der Waals surface area contributed by atoms with Gasteiger partial charge in [-0.3, -0.25) is 14.5 Å². The van der Waals surface area contributed by atoms with Crippen LogP contribution in [0.3, 0.4) is 0 Å². The summed E-state index contributed by atoms with van der Waals surface area (Å²) in [6, 6.07) is 12.8. The van der Waals surface area contributed by atoms with Crippen LogP contribution < -0.4 is 20.3 Å². The molecule has 0 aliphatic carbocycles. The minimum atomic E-state index is -0.357. The summed E-state index contributed by atoms with van der Waals surface area (Å²) in [6.45, 7) is 1.12. The molecule has 8 heteroatoms. The summed E-state index contributed by atoms with van der Waals surface area (Å²) in [5, 5.41) is 5.62. The summed E-state index contributed by atoms with van der Waals surface area (Å²) < 4.78 is 10.5. The Hall–Kier alpha value is -3.55. The third-order valence-electron chi connectivity index (χ3n) is 4.81. The van der Waals surface area contributed by atoms with Crippen molar-refractivity contribution in [2.24, 2.45) is 0 Å². The lowest BCUT2D eigenvalue weighted by molar-refractivity contribution is -0.123. The molecule has 8 nitrogen and oxygen atoms in total. The van der Waals surface area contributed by atoms with Crippen LogP contribution in [0.15, 0.2) is 42.5 Å². The highest BCUT2D eigenvalue weighted by Crippen LogP contribution is 2.26. The van der Waals surface area contributed by atoms with Crippen molar-refractivity contribution in [1.82, 2.24) is 5.32 Å². The first kappa shape index (κ1) is 18.8. The summed E-state index contributed by atoms with van der Waals surface area (Å²) in [7, 11) is 0. The predicted molar refractivity (Wildman–Crippen MR) is 106 cm³/mol. The lowest BCUT2D eigenvalue weighted by Gasteiger charge is -2.17. The van der Waals surface area contributed by atoms with Crippen molar-refractivity contribution in [2.75, 3.05) is 30.0 Å². The highest BCUT2D eigenvalue weighted by molar-refractivity contribution is 5.94. The van der Waals surface area contributed by atoms with Crippen LogP contribution in [-0.2, 0) is 27.3 Å². The maximum atomic E-state index is 12.1. The molecule has 0 spiro atoms. The van der Waals surface area contributed by atoms with Gasteiger partial charge in [-0.2, -0.15) is 0 Å². The zero-order chi connectivity index (χ0) is 20.2. The van der Waals surface area contributed by atoms with Gasteiger partial charge in [0.25, 0.3) is 5.91 Å². The van der Waals surface area contributed by atoms with E-state index < -0.39 is 0 Å². The van der Waals surface area contributed by atoms with Gasteiger partial charge in [0.2, 0.25) is 5.91 Å². The molecule has 4 rings (SSSR count). The van der Waals surface area contributed by atoms with Gasteiger partial charge < -0.3 is 20.1 Å². The molecule has 3 amide bonds. The quantitative estimate of drug-likeness (QED) is 0.782. The fraction of sp³-hybridized carbons (Fsp3) is 0.286. The van der Waals surface area contributed by atoms with Gasteiger partial charge in [-0.1, -0.05) is 12.1 Å². The van der Waals surface area contributed by atoms with E-state index in [4.69, 9.17) is 9.47 Å². The van der Waals surface area contributed by atoms with Gasteiger partial charge >= 0.3 is 6.09 Å². The summed E-state index contributed by atoms with van der Waals surface area (Å²) >= 11 is 0. The summed E-state index contributed by atoms with van der Waals surface area (Å²) in [4.78, 5) is 36.8. The van der Waals surface area contributed by atoms with Gasteiger partial charge in [0.15, 0.2) is 6.61 Å². The van der Waals surface area contributed by atoms with Crippen LogP contribution in [0.1, 0.15) is 17.5 Å². The monoisotopic (exact) mass is 395 g/mol. The number of ether oxygens (including phenoxy) is 2. The lowest BCUT2D eigenvalue weighted by Crippen LogP contribution is -2.28. The van der Waals surface area contributed by atoms with Gasteiger partial charge in [0.05, 0.1) is 6.54 Å². The molecule has 1 fully saturated rings. The standard InChI is InChI=1S/C21H21N3O5/c25-19-7-4-15-11-17(5-6-18(15)23-19)29-13-20(26)22-12-14-2-1-3-16(10-14)24-8-9-28-21(24)27/h1-3,5-6,10-11H,4,7-9,12-13H2,(H,22,26)(H,23,25). The van der Waals surface area contributed by atoms with E-state index in [1.165, 1.54) is 0 Å². The van der Waals surface area contributed by atoms with Crippen molar-refractivity contribution in [3.63, 3.8) is 0 Å². The number of nitrogens with zero attached hydrogens (tertiary/aromatic N) is 1. The predicted octanol–water partition coefficient (Wildman–Crippen LogP) is 2.22. The maximum absolute atomic E-state index is 12.1. The molecule has 0 aromatic heterocycles. The van der Waals surface area contributed by atoms with E-state index in [-0.39, 0.29) is 24.5 Å².